The van der Waals surface area contributed by atoms with Gasteiger partial charge in [0.25, 0.3) is 5.91 Å². The molecule has 2 N–H and O–H groups in total. The molecule has 0 aliphatic carbocycles. The van der Waals surface area contributed by atoms with Crippen LogP contribution in [0.5, 0.6) is 0 Å². The van der Waals surface area contributed by atoms with Gasteiger partial charge in [-0.3, -0.25) is 14.3 Å². The highest BCUT2D eigenvalue weighted by Crippen LogP contribution is 2.34. The van der Waals surface area contributed by atoms with Gasteiger partial charge < -0.3 is 5.73 Å². The Morgan fingerprint density at radius 2 is 2.16 bits per heavy atom. The van der Waals surface area contributed by atoms with Gasteiger partial charge in [0.1, 0.15) is 18.1 Å². The average molecular weight is 368 g/mol. The van der Waals surface area contributed by atoms with Crippen molar-refractivity contribution in [1.82, 2.24) is 24.7 Å². The lowest BCUT2D eigenvalue weighted by Gasteiger charge is -2.17. The zero-order valence-corrected chi connectivity index (χ0v) is 13.5. The third-order valence-corrected chi connectivity index (χ3v) is 4.31. The van der Waals surface area contributed by atoms with Crippen molar-refractivity contribution in [3.63, 3.8) is 0 Å². The van der Waals surface area contributed by atoms with Crippen LogP contribution in [0.3, 0.4) is 0 Å². The molecule has 0 fully saturated rings. The lowest BCUT2D eigenvalue weighted by molar-refractivity contribution is -0.162. The van der Waals surface area contributed by atoms with Gasteiger partial charge in [-0.25, -0.2) is 4.98 Å². The number of thiazole rings is 1. The molecule has 1 unspecified atom stereocenters. The molecule has 3 aromatic heterocycles. The van der Waals surface area contributed by atoms with E-state index in [1.165, 1.54) is 6.20 Å². The number of carbonyl (C=O) groups excluding carboxylic acids is 1. The van der Waals surface area contributed by atoms with Crippen LogP contribution < -0.4 is 5.73 Å². The fourth-order valence-electron chi connectivity index (χ4n) is 2.15. The number of hydrogen-bond donors (Lipinski definition) is 1. The van der Waals surface area contributed by atoms with Crippen LogP contribution in [0.2, 0.25) is 0 Å². The van der Waals surface area contributed by atoms with E-state index >= 15 is 0 Å². The van der Waals surface area contributed by atoms with Crippen molar-refractivity contribution in [2.75, 3.05) is 0 Å². The predicted octanol–water partition coefficient (Wildman–Crippen LogP) is 2.69. The lowest BCUT2D eigenvalue weighted by Crippen LogP contribution is -2.23. The summed E-state index contributed by atoms with van der Waals surface area (Å²) in [5.41, 5.74) is 6.09. The molecule has 3 aromatic rings. The van der Waals surface area contributed by atoms with Crippen LogP contribution in [0.1, 0.15) is 23.5 Å². The number of primary amides is 1. The second-order valence-corrected chi connectivity index (χ2v) is 5.94. The smallest absolute Gasteiger partial charge is 0.364 e. The summed E-state index contributed by atoms with van der Waals surface area (Å²) in [5, 5.41) is 9.13. The second-order valence-electron chi connectivity index (χ2n) is 5.08. The molecule has 130 valence electrons. The minimum Gasteiger partial charge on any atom is -0.364 e. The Morgan fingerprint density at radius 1 is 1.40 bits per heavy atom. The van der Waals surface area contributed by atoms with Crippen molar-refractivity contribution in [2.24, 2.45) is 5.73 Å². The van der Waals surface area contributed by atoms with Crippen molar-refractivity contribution in [1.29, 1.82) is 0 Å². The summed E-state index contributed by atoms with van der Waals surface area (Å²) in [6.45, 7) is 1.01. The Kier molecular flexibility index (Phi) is 4.25. The molecular weight excluding hydrogens is 357 g/mol. The summed E-state index contributed by atoms with van der Waals surface area (Å²) in [7, 11) is 0. The summed E-state index contributed by atoms with van der Waals surface area (Å²) in [5.74, 6) is -0.732. The zero-order chi connectivity index (χ0) is 18.2. The van der Waals surface area contributed by atoms with Gasteiger partial charge in [0.05, 0.1) is 5.69 Å². The van der Waals surface area contributed by atoms with Crippen LogP contribution in [-0.4, -0.2) is 36.8 Å². The van der Waals surface area contributed by atoms with E-state index in [4.69, 9.17) is 5.73 Å². The number of amides is 1. The highest BCUT2D eigenvalue weighted by molar-refractivity contribution is 7.13. The average Bonchev–Trinajstić information content (AvgIpc) is 3.22. The van der Waals surface area contributed by atoms with Crippen molar-refractivity contribution in [3.8, 4) is 22.1 Å². The first kappa shape index (κ1) is 17.0. The normalized spacial score (nSPS) is 13.0. The van der Waals surface area contributed by atoms with E-state index in [9.17, 15) is 18.0 Å². The van der Waals surface area contributed by atoms with E-state index in [0.717, 1.165) is 29.2 Å². The molecule has 0 radical (unpaired) electrons. The highest BCUT2D eigenvalue weighted by atomic mass is 32.1. The number of nitrogens with two attached hydrogens (primary N) is 1. The monoisotopic (exact) mass is 368 g/mol. The third kappa shape index (κ3) is 3.22. The van der Waals surface area contributed by atoms with Gasteiger partial charge >= 0.3 is 6.18 Å². The Balaban J connectivity index is 2.02. The molecule has 7 nitrogen and oxygen atoms in total. The summed E-state index contributed by atoms with van der Waals surface area (Å²) in [4.78, 5) is 19.7. The minimum atomic E-state index is -4.44. The van der Waals surface area contributed by atoms with Crippen LogP contribution in [0, 0.1) is 0 Å². The second kappa shape index (κ2) is 6.24. The Hall–Kier alpha value is -2.82. The minimum absolute atomic E-state index is 0.00871. The Morgan fingerprint density at radius 3 is 2.84 bits per heavy atom. The van der Waals surface area contributed by atoms with E-state index < -0.39 is 18.1 Å². The predicted molar refractivity (Wildman–Crippen MR) is 83.6 cm³/mol. The van der Waals surface area contributed by atoms with Crippen LogP contribution in [0.15, 0.2) is 30.0 Å². The van der Waals surface area contributed by atoms with Gasteiger partial charge in [-0.15, -0.1) is 21.5 Å². The third-order valence-electron chi connectivity index (χ3n) is 3.48. The molecule has 0 saturated heterocycles. The maximum atomic E-state index is 13.0. The van der Waals surface area contributed by atoms with Gasteiger partial charge in [-0.05, 0) is 19.1 Å². The van der Waals surface area contributed by atoms with Crippen LogP contribution in [0.25, 0.3) is 22.1 Å². The molecule has 0 bridgehead atoms. The number of carbonyl (C=O) groups is 1. The molecule has 0 aliphatic rings. The fourth-order valence-corrected chi connectivity index (χ4v) is 2.95. The number of hydrogen-bond acceptors (Lipinski definition) is 6. The molecule has 0 saturated carbocycles. The Labute approximate surface area is 143 Å². The summed E-state index contributed by atoms with van der Waals surface area (Å²) < 4.78 is 39.8. The van der Waals surface area contributed by atoms with E-state index in [0.29, 0.717) is 11.3 Å². The first-order valence-corrected chi connectivity index (χ1v) is 7.84. The molecule has 3 rings (SSSR count). The fraction of sp³-hybridized carbons (Fsp3) is 0.214. The first-order chi connectivity index (χ1) is 11.8. The number of rotatable bonds is 4. The SMILES string of the molecule is CC(n1cnnc1-c1nc(-c2cccnc2C(N)=O)cs1)C(F)(F)F. The van der Waals surface area contributed by atoms with Crippen molar-refractivity contribution < 1.29 is 18.0 Å². The van der Waals surface area contributed by atoms with Gasteiger partial charge in [0.2, 0.25) is 0 Å². The van der Waals surface area contributed by atoms with E-state index in [1.54, 1.807) is 17.5 Å². The van der Waals surface area contributed by atoms with E-state index in [1.807, 2.05) is 0 Å². The van der Waals surface area contributed by atoms with E-state index in [-0.39, 0.29) is 16.5 Å². The molecule has 1 amide bonds. The first-order valence-electron chi connectivity index (χ1n) is 6.96. The van der Waals surface area contributed by atoms with Gasteiger partial charge in [0.15, 0.2) is 10.8 Å². The van der Waals surface area contributed by atoms with Crippen molar-refractivity contribution in [2.45, 2.75) is 19.1 Å². The largest absolute Gasteiger partial charge is 0.408 e. The number of pyridine rings is 1. The van der Waals surface area contributed by atoms with Crippen LogP contribution in [0.4, 0.5) is 13.2 Å². The summed E-state index contributed by atoms with van der Waals surface area (Å²) >= 11 is 1.08. The molecule has 1 atom stereocenters. The standard InChI is InChI=1S/C14H11F3N6OS/c1-7(14(15,16)17)23-6-20-22-12(23)13-21-9(5-25-13)8-3-2-4-19-10(8)11(18)24/h2-7H,1H3,(H2,18,24). The summed E-state index contributed by atoms with van der Waals surface area (Å²) in [6, 6.07) is 1.41. The van der Waals surface area contributed by atoms with Crippen LogP contribution in [-0.2, 0) is 0 Å². The summed E-state index contributed by atoms with van der Waals surface area (Å²) in [6.07, 6.45) is -2.02. The Bertz CT molecular complexity index is 919. The lowest BCUT2D eigenvalue weighted by atomic mass is 10.1. The molecule has 0 aromatic carbocycles. The van der Waals surface area contributed by atoms with Gasteiger partial charge in [0, 0.05) is 17.1 Å². The van der Waals surface area contributed by atoms with E-state index in [2.05, 4.69) is 20.2 Å². The molecule has 25 heavy (non-hydrogen) atoms. The maximum Gasteiger partial charge on any atom is 0.408 e. The number of nitrogens with zero attached hydrogens (tertiary/aromatic N) is 5. The topological polar surface area (TPSA) is 99.6 Å². The van der Waals surface area contributed by atoms with Gasteiger partial charge in [-0.1, -0.05) is 0 Å². The van der Waals surface area contributed by atoms with Crippen molar-refractivity contribution >= 4 is 17.2 Å². The number of aromatic nitrogens is 5. The molecule has 3 heterocycles. The quantitative estimate of drug-likeness (QED) is 0.763. The molecule has 0 spiro atoms. The molecule has 11 heteroatoms. The van der Waals surface area contributed by atoms with Crippen molar-refractivity contribution in [3.05, 3.63) is 35.7 Å². The number of alkyl halides is 3. The zero-order valence-electron chi connectivity index (χ0n) is 12.7. The molecular formula is C14H11F3N6OS. The maximum absolute atomic E-state index is 13.0. The number of halogens is 3. The molecule has 0 aliphatic heterocycles. The van der Waals surface area contributed by atoms with Crippen LogP contribution >= 0.6 is 11.3 Å². The van der Waals surface area contributed by atoms with Gasteiger partial charge in [-0.2, -0.15) is 13.2 Å². The highest BCUT2D eigenvalue weighted by Gasteiger charge is 2.39.